The standard InChI is InChI=1S/C21H16F2N4O3S/c1-11-19-13(9-16(17-4-3-7-31-17)25-20(19)27(2)26-11)21(29)30-10-18(28)24-15-8-12(22)5-6-14(15)23/h3-9H,10H2,1-2H3,(H,24,28). The Balaban J connectivity index is 1.58. The van der Waals surface area contributed by atoms with Crippen LogP contribution in [-0.4, -0.2) is 33.2 Å². The van der Waals surface area contributed by atoms with Crippen molar-refractivity contribution in [2.45, 2.75) is 6.92 Å². The lowest BCUT2D eigenvalue weighted by molar-refractivity contribution is -0.119. The summed E-state index contributed by atoms with van der Waals surface area (Å²) in [6.45, 7) is 1.07. The molecule has 0 saturated heterocycles. The number of anilines is 1. The number of esters is 1. The first-order valence-corrected chi connectivity index (χ1v) is 10.0. The normalized spacial score (nSPS) is 11.0. The summed E-state index contributed by atoms with van der Waals surface area (Å²) in [7, 11) is 1.72. The van der Waals surface area contributed by atoms with E-state index in [0.717, 1.165) is 23.1 Å². The van der Waals surface area contributed by atoms with Crippen LogP contribution in [0.15, 0.2) is 41.8 Å². The molecule has 0 fully saturated rings. The first kappa shape index (κ1) is 20.6. The van der Waals surface area contributed by atoms with E-state index in [-0.39, 0.29) is 11.3 Å². The molecule has 3 heterocycles. The average molecular weight is 442 g/mol. The first-order valence-electron chi connectivity index (χ1n) is 9.13. The number of fused-ring (bicyclic) bond motifs is 1. The van der Waals surface area contributed by atoms with Crippen molar-refractivity contribution >= 4 is 39.9 Å². The summed E-state index contributed by atoms with van der Waals surface area (Å²) in [5, 5.41) is 8.91. The van der Waals surface area contributed by atoms with Gasteiger partial charge in [-0.15, -0.1) is 11.3 Å². The molecule has 0 aliphatic heterocycles. The van der Waals surface area contributed by atoms with E-state index in [9.17, 15) is 18.4 Å². The van der Waals surface area contributed by atoms with E-state index in [1.807, 2.05) is 17.5 Å². The van der Waals surface area contributed by atoms with E-state index in [4.69, 9.17) is 4.74 Å². The van der Waals surface area contributed by atoms with E-state index in [1.54, 1.807) is 24.7 Å². The van der Waals surface area contributed by atoms with Crippen LogP contribution < -0.4 is 5.32 Å². The number of aromatic nitrogens is 3. The summed E-state index contributed by atoms with van der Waals surface area (Å²) in [4.78, 5) is 30.4. The van der Waals surface area contributed by atoms with Gasteiger partial charge in [-0.3, -0.25) is 9.48 Å². The van der Waals surface area contributed by atoms with Gasteiger partial charge in [0, 0.05) is 13.1 Å². The lowest BCUT2D eigenvalue weighted by Gasteiger charge is -2.09. The predicted octanol–water partition coefficient (Wildman–Crippen LogP) is 4.08. The number of nitrogens with zero attached hydrogens (tertiary/aromatic N) is 3. The van der Waals surface area contributed by atoms with Crippen LogP contribution in [0.3, 0.4) is 0 Å². The lowest BCUT2D eigenvalue weighted by Crippen LogP contribution is -2.21. The Labute approximate surface area is 179 Å². The molecule has 10 heteroatoms. The molecular formula is C21H16F2N4O3S. The Kier molecular flexibility index (Phi) is 5.47. The minimum atomic E-state index is -0.802. The zero-order valence-corrected chi connectivity index (χ0v) is 17.3. The fourth-order valence-electron chi connectivity index (χ4n) is 3.14. The predicted molar refractivity (Wildman–Crippen MR) is 112 cm³/mol. The first-order chi connectivity index (χ1) is 14.8. The van der Waals surface area contributed by atoms with Crippen LogP contribution in [0.25, 0.3) is 21.6 Å². The Bertz CT molecular complexity index is 1300. The number of halogens is 2. The second kappa shape index (κ2) is 8.23. The molecule has 0 bridgehead atoms. The van der Waals surface area contributed by atoms with Crippen molar-refractivity contribution in [3.05, 3.63) is 64.7 Å². The molecule has 3 aromatic heterocycles. The summed E-state index contributed by atoms with van der Waals surface area (Å²) < 4.78 is 33.7. The molecule has 31 heavy (non-hydrogen) atoms. The van der Waals surface area contributed by atoms with Crippen LogP contribution in [0.5, 0.6) is 0 Å². The number of hydrogen-bond donors (Lipinski definition) is 1. The zero-order chi connectivity index (χ0) is 22.1. The SMILES string of the molecule is Cc1nn(C)c2nc(-c3cccs3)cc(C(=O)OCC(=O)Nc3cc(F)ccc3F)c12. The number of thiophene rings is 1. The fraction of sp³-hybridized carbons (Fsp3) is 0.143. The van der Waals surface area contributed by atoms with Crippen molar-refractivity contribution in [2.24, 2.45) is 7.05 Å². The van der Waals surface area contributed by atoms with Crippen LogP contribution in [0.1, 0.15) is 16.1 Å². The van der Waals surface area contributed by atoms with Crippen molar-refractivity contribution in [2.75, 3.05) is 11.9 Å². The molecule has 1 aromatic carbocycles. The fourth-order valence-corrected chi connectivity index (χ4v) is 3.83. The number of carbonyl (C=O) groups is 2. The van der Waals surface area contributed by atoms with Gasteiger partial charge in [0.05, 0.1) is 32.9 Å². The quantitative estimate of drug-likeness (QED) is 0.471. The largest absolute Gasteiger partial charge is 0.452 e. The Morgan fingerprint density at radius 3 is 2.77 bits per heavy atom. The van der Waals surface area contributed by atoms with E-state index in [0.29, 0.717) is 22.4 Å². The van der Waals surface area contributed by atoms with Gasteiger partial charge in [-0.25, -0.2) is 18.6 Å². The van der Waals surface area contributed by atoms with Crippen LogP contribution in [-0.2, 0) is 16.6 Å². The number of ether oxygens (including phenoxy) is 1. The van der Waals surface area contributed by atoms with Crippen LogP contribution in [0.4, 0.5) is 14.5 Å². The second-order valence-corrected chi connectivity index (χ2v) is 7.64. The number of pyridine rings is 1. The zero-order valence-electron chi connectivity index (χ0n) is 16.5. The number of amides is 1. The molecule has 1 amide bonds. The molecule has 158 valence electrons. The van der Waals surface area contributed by atoms with Gasteiger partial charge in [0.25, 0.3) is 5.91 Å². The van der Waals surface area contributed by atoms with Crippen molar-refractivity contribution in [1.29, 1.82) is 0 Å². The Morgan fingerprint density at radius 1 is 1.23 bits per heavy atom. The van der Waals surface area contributed by atoms with Gasteiger partial charge in [-0.2, -0.15) is 5.10 Å². The molecule has 4 aromatic rings. The minimum absolute atomic E-state index is 0.212. The Hall–Kier alpha value is -3.66. The summed E-state index contributed by atoms with van der Waals surface area (Å²) >= 11 is 1.47. The molecule has 0 radical (unpaired) electrons. The molecule has 0 atom stereocenters. The van der Waals surface area contributed by atoms with Gasteiger partial charge in [0.1, 0.15) is 11.6 Å². The summed E-state index contributed by atoms with van der Waals surface area (Å²) in [5.74, 6) is -3.06. The second-order valence-electron chi connectivity index (χ2n) is 6.69. The minimum Gasteiger partial charge on any atom is -0.452 e. The maximum atomic E-state index is 13.7. The van der Waals surface area contributed by atoms with Gasteiger partial charge in [-0.1, -0.05) is 6.07 Å². The third-order valence-corrected chi connectivity index (χ3v) is 5.39. The molecule has 0 saturated carbocycles. The van der Waals surface area contributed by atoms with Crippen LogP contribution in [0.2, 0.25) is 0 Å². The van der Waals surface area contributed by atoms with Gasteiger partial charge >= 0.3 is 5.97 Å². The molecule has 0 spiro atoms. The highest BCUT2D eigenvalue weighted by molar-refractivity contribution is 7.13. The summed E-state index contributed by atoms with van der Waals surface area (Å²) in [6, 6.07) is 8.00. The molecular weight excluding hydrogens is 426 g/mol. The molecule has 4 rings (SSSR count). The molecule has 1 N–H and O–H groups in total. The lowest BCUT2D eigenvalue weighted by atomic mass is 10.1. The van der Waals surface area contributed by atoms with E-state index >= 15 is 0 Å². The van der Waals surface area contributed by atoms with Gasteiger partial charge in [-0.05, 0) is 36.6 Å². The Morgan fingerprint density at radius 2 is 2.03 bits per heavy atom. The van der Waals surface area contributed by atoms with Gasteiger partial charge in [0.2, 0.25) is 0 Å². The van der Waals surface area contributed by atoms with Gasteiger partial charge < -0.3 is 10.1 Å². The van der Waals surface area contributed by atoms with Crippen molar-refractivity contribution in [3.63, 3.8) is 0 Å². The third-order valence-electron chi connectivity index (χ3n) is 4.50. The van der Waals surface area contributed by atoms with Gasteiger partial charge in [0.15, 0.2) is 12.3 Å². The van der Waals surface area contributed by atoms with Crippen molar-refractivity contribution < 1.29 is 23.1 Å². The highest BCUT2D eigenvalue weighted by Gasteiger charge is 2.21. The molecule has 7 nitrogen and oxygen atoms in total. The maximum Gasteiger partial charge on any atom is 0.339 e. The van der Waals surface area contributed by atoms with Crippen molar-refractivity contribution in [1.82, 2.24) is 14.8 Å². The van der Waals surface area contributed by atoms with E-state index in [1.165, 1.54) is 11.3 Å². The maximum absolute atomic E-state index is 13.7. The van der Waals surface area contributed by atoms with Crippen LogP contribution in [0, 0.1) is 18.6 Å². The average Bonchev–Trinajstić information content (AvgIpc) is 3.37. The number of benzene rings is 1. The topological polar surface area (TPSA) is 86.1 Å². The summed E-state index contributed by atoms with van der Waals surface area (Å²) in [6.07, 6.45) is 0. The monoisotopic (exact) mass is 442 g/mol. The summed E-state index contributed by atoms with van der Waals surface area (Å²) in [5.41, 5.74) is 1.53. The number of rotatable bonds is 5. The molecule has 0 aliphatic carbocycles. The third kappa shape index (κ3) is 4.15. The smallest absolute Gasteiger partial charge is 0.339 e. The number of aryl methyl sites for hydroxylation is 2. The van der Waals surface area contributed by atoms with E-state index < -0.39 is 30.1 Å². The number of hydrogen-bond acceptors (Lipinski definition) is 6. The van der Waals surface area contributed by atoms with Crippen molar-refractivity contribution in [3.8, 4) is 10.6 Å². The number of carbonyl (C=O) groups excluding carboxylic acids is 2. The van der Waals surface area contributed by atoms with Crippen LogP contribution >= 0.6 is 11.3 Å². The molecule has 0 aliphatic rings. The molecule has 0 unspecified atom stereocenters. The number of nitrogens with one attached hydrogen (secondary N) is 1. The highest BCUT2D eigenvalue weighted by atomic mass is 32.1. The highest BCUT2D eigenvalue weighted by Crippen LogP contribution is 2.29. The van der Waals surface area contributed by atoms with E-state index in [2.05, 4.69) is 15.4 Å².